The minimum absolute atomic E-state index is 0.241. The average molecular weight is 282 g/mol. The van der Waals surface area contributed by atoms with Crippen molar-refractivity contribution in [2.24, 2.45) is 0 Å². The summed E-state index contributed by atoms with van der Waals surface area (Å²) in [5.74, 6) is -0.261. The molecule has 1 N–H and O–H groups in total. The molecule has 0 aliphatic carbocycles. The molecule has 0 saturated heterocycles. The predicted octanol–water partition coefficient (Wildman–Crippen LogP) is 4.15. The molecule has 0 fully saturated rings. The molecular formula is C14H13F3N2O. The number of aromatic nitrogens is 1. The second-order valence-corrected chi connectivity index (χ2v) is 4.16. The lowest BCUT2D eigenvalue weighted by Crippen LogP contribution is -2.18. The van der Waals surface area contributed by atoms with E-state index in [0.29, 0.717) is 0 Å². The number of nitrogens with one attached hydrogen (secondary N) is 1. The van der Waals surface area contributed by atoms with Gasteiger partial charge >= 0.3 is 6.36 Å². The van der Waals surface area contributed by atoms with Crippen LogP contribution in [0.25, 0.3) is 0 Å². The molecule has 1 aromatic carbocycles. The van der Waals surface area contributed by atoms with Crippen molar-refractivity contribution in [2.75, 3.05) is 5.32 Å². The Morgan fingerprint density at radius 2 is 1.80 bits per heavy atom. The van der Waals surface area contributed by atoms with E-state index in [1.165, 1.54) is 18.2 Å². The van der Waals surface area contributed by atoms with Crippen LogP contribution in [-0.2, 0) is 0 Å². The topological polar surface area (TPSA) is 34.1 Å². The van der Waals surface area contributed by atoms with E-state index in [1.807, 2.05) is 13.0 Å². The third-order valence-corrected chi connectivity index (χ3v) is 2.62. The fourth-order valence-electron chi connectivity index (χ4n) is 1.74. The number of pyridine rings is 1. The second-order valence-electron chi connectivity index (χ2n) is 4.16. The molecule has 2 rings (SSSR count). The first-order valence-corrected chi connectivity index (χ1v) is 5.98. The van der Waals surface area contributed by atoms with Gasteiger partial charge in [-0.2, -0.15) is 0 Å². The van der Waals surface area contributed by atoms with Gasteiger partial charge in [-0.1, -0.05) is 18.2 Å². The van der Waals surface area contributed by atoms with E-state index in [-0.39, 0.29) is 17.5 Å². The van der Waals surface area contributed by atoms with E-state index in [4.69, 9.17) is 0 Å². The Morgan fingerprint density at radius 1 is 1.10 bits per heavy atom. The molecule has 0 radical (unpaired) electrons. The molecule has 0 spiro atoms. The zero-order chi connectivity index (χ0) is 14.6. The van der Waals surface area contributed by atoms with Gasteiger partial charge in [-0.15, -0.1) is 13.2 Å². The van der Waals surface area contributed by atoms with Gasteiger partial charge < -0.3 is 10.1 Å². The number of ether oxygens (including phenoxy) is 1. The molecule has 1 heterocycles. The molecule has 20 heavy (non-hydrogen) atoms. The molecule has 0 bridgehead atoms. The summed E-state index contributed by atoms with van der Waals surface area (Å²) in [6.07, 6.45) is -3.09. The Morgan fingerprint density at radius 3 is 2.45 bits per heavy atom. The average Bonchev–Trinajstić information content (AvgIpc) is 2.40. The summed E-state index contributed by atoms with van der Waals surface area (Å²) < 4.78 is 40.9. The van der Waals surface area contributed by atoms with Crippen LogP contribution in [0.4, 0.5) is 18.9 Å². The first-order valence-electron chi connectivity index (χ1n) is 5.98. The van der Waals surface area contributed by atoms with E-state index in [2.05, 4.69) is 15.0 Å². The summed E-state index contributed by atoms with van der Waals surface area (Å²) in [6, 6.07) is 11.1. The van der Waals surface area contributed by atoms with Gasteiger partial charge in [-0.25, -0.2) is 0 Å². The van der Waals surface area contributed by atoms with Crippen molar-refractivity contribution in [3.63, 3.8) is 0 Å². The van der Waals surface area contributed by atoms with Crippen molar-refractivity contribution < 1.29 is 17.9 Å². The van der Waals surface area contributed by atoms with Crippen LogP contribution in [0.2, 0.25) is 0 Å². The molecule has 0 aliphatic rings. The first-order chi connectivity index (χ1) is 9.46. The normalized spacial score (nSPS) is 12.8. The number of alkyl halides is 3. The van der Waals surface area contributed by atoms with E-state index >= 15 is 0 Å². The third-order valence-electron chi connectivity index (χ3n) is 2.62. The molecular weight excluding hydrogens is 269 g/mol. The van der Waals surface area contributed by atoms with Gasteiger partial charge in [0, 0.05) is 6.20 Å². The van der Waals surface area contributed by atoms with Crippen LogP contribution in [-0.4, -0.2) is 11.3 Å². The lowest BCUT2D eigenvalue weighted by molar-refractivity contribution is -0.274. The summed E-state index contributed by atoms with van der Waals surface area (Å²) in [7, 11) is 0. The van der Waals surface area contributed by atoms with Gasteiger partial charge in [0.05, 0.1) is 17.4 Å². The van der Waals surface area contributed by atoms with Crippen molar-refractivity contribution in [3.05, 3.63) is 54.4 Å². The highest BCUT2D eigenvalue weighted by molar-refractivity contribution is 5.57. The lowest BCUT2D eigenvalue weighted by Gasteiger charge is -2.18. The highest BCUT2D eigenvalue weighted by Crippen LogP contribution is 2.31. The molecule has 0 aliphatic heterocycles. The standard InChI is InChI=1S/C14H13F3N2O/c1-10(11-6-4-5-9-18-11)19-12-7-2-3-8-13(12)20-14(15,16)17/h2-10,19H,1H3. The Balaban J connectivity index is 2.17. The van der Waals surface area contributed by atoms with Crippen LogP contribution in [0.3, 0.4) is 0 Å². The van der Waals surface area contributed by atoms with Crippen LogP contribution in [0.5, 0.6) is 5.75 Å². The second kappa shape index (κ2) is 5.81. The summed E-state index contributed by atoms with van der Waals surface area (Å²) >= 11 is 0. The van der Waals surface area contributed by atoms with Crippen LogP contribution in [0, 0.1) is 0 Å². The molecule has 1 unspecified atom stereocenters. The Hall–Kier alpha value is -2.24. The minimum atomic E-state index is -4.72. The number of rotatable bonds is 4. The zero-order valence-corrected chi connectivity index (χ0v) is 10.7. The smallest absolute Gasteiger partial charge is 0.404 e. The number of anilines is 1. The Bertz CT molecular complexity index is 558. The monoisotopic (exact) mass is 282 g/mol. The lowest BCUT2D eigenvalue weighted by atomic mass is 10.2. The number of halogens is 3. The summed E-state index contributed by atoms with van der Waals surface area (Å²) in [5.41, 5.74) is 0.997. The molecule has 6 heteroatoms. The van der Waals surface area contributed by atoms with Crippen molar-refractivity contribution in [3.8, 4) is 5.75 Å². The molecule has 0 saturated carbocycles. The number of nitrogens with zero attached hydrogens (tertiary/aromatic N) is 1. The molecule has 2 aromatic rings. The first kappa shape index (κ1) is 14.2. The van der Waals surface area contributed by atoms with E-state index in [1.54, 1.807) is 24.4 Å². The maximum atomic E-state index is 12.3. The number of para-hydroxylation sites is 2. The highest BCUT2D eigenvalue weighted by Gasteiger charge is 2.32. The van der Waals surface area contributed by atoms with Crippen LogP contribution >= 0.6 is 0 Å². The third kappa shape index (κ3) is 3.88. The molecule has 1 atom stereocenters. The largest absolute Gasteiger partial charge is 0.573 e. The van der Waals surface area contributed by atoms with E-state index in [0.717, 1.165) is 5.69 Å². The van der Waals surface area contributed by atoms with Crippen molar-refractivity contribution in [1.82, 2.24) is 4.98 Å². The molecule has 1 aromatic heterocycles. The molecule has 106 valence electrons. The van der Waals surface area contributed by atoms with Gasteiger partial charge in [0.25, 0.3) is 0 Å². The molecule has 3 nitrogen and oxygen atoms in total. The summed E-state index contributed by atoms with van der Waals surface area (Å²) in [6.45, 7) is 1.81. The van der Waals surface area contributed by atoms with Gasteiger partial charge in [0.2, 0.25) is 0 Å². The SMILES string of the molecule is CC(Nc1ccccc1OC(F)(F)F)c1ccccn1. The van der Waals surface area contributed by atoms with Gasteiger partial charge in [-0.05, 0) is 31.2 Å². The Kier molecular flexibility index (Phi) is 4.12. The predicted molar refractivity (Wildman–Crippen MR) is 69.4 cm³/mol. The van der Waals surface area contributed by atoms with Crippen LogP contribution in [0.1, 0.15) is 18.7 Å². The van der Waals surface area contributed by atoms with Gasteiger partial charge in [-0.3, -0.25) is 4.98 Å². The minimum Gasteiger partial charge on any atom is -0.404 e. The van der Waals surface area contributed by atoms with E-state index in [9.17, 15) is 13.2 Å². The van der Waals surface area contributed by atoms with E-state index < -0.39 is 6.36 Å². The summed E-state index contributed by atoms with van der Waals surface area (Å²) in [5, 5.41) is 2.96. The quantitative estimate of drug-likeness (QED) is 0.914. The highest BCUT2D eigenvalue weighted by atomic mass is 19.4. The fraction of sp³-hybridized carbons (Fsp3) is 0.214. The van der Waals surface area contributed by atoms with Crippen LogP contribution < -0.4 is 10.1 Å². The summed E-state index contributed by atoms with van der Waals surface area (Å²) in [4.78, 5) is 4.15. The maximum absolute atomic E-state index is 12.3. The van der Waals surface area contributed by atoms with Crippen LogP contribution in [0.15, 0.2) is 48.7 Å². The fourth-order valence-corrected chi connectivity index (χ4v) is 1.74. The van der Waals surface area contributed by atoms with Gasteiger partial charge in [0.1, 0.15) is 0 Å². The number of hydrogen-bond donors (Lipinski definition) is 1. The van der Waals surface area contributed by atoms with Gasteiger partial charge in [0.15, 0.2) is 5.75 Å². The van der Waals surface area contributed by atoms with Crippen molar-refractivity contribution in [1.29, 1.82) is 0 Å². The zero-order valence-electron chi connectivity index (χ0n) is 10.7. The number of hydrogen-bond acceptors (Lipinski definition) is 3. The Labute approximate surface area is 114 Å². The maximum Gasteiger partial charge on any atom is 0.573 e. The van der Waals surface area contributed by atoms with Crippen molar-refractivity contribution >= 4 is 5.69 Å². The van der Waals surface area contributed by atoms with Crippen molar-refractivity contribution in [2.45, 2.75) is 19.3 Å². The molecule has 0 amide bonds. The number of benzene rings is 1.